The molecule has 0 atom stereocenters. The molecule has 5 nitrogen and oxygen atoms in total. The molecule has 21 heavy (non-hydrogen) atoms. The molecule has 0 spiro atoms. The summed E-state index contributed by atoms with van der Waals surface area (Å²) < 4.78 is 5.42. The summed E-state index contributed by atoms with van der Waals surface area (Å²) in [6.07, 6.45) is 3.91. The SMILES string of the molecule is Cc1nc2cc(NC(=O)CCC3CCNCC3)ccc2o1. The van der Waals surface area contributed by atoms with E-state index in [4.69, 9.17) is 4.42 Å². The highest BCUT2D eigenvalue weighted by atomic mass is 16.3. The number of hydrogen-bond acceptors (Lipinski definition) is 4. The second-order valence-electron chi connectivity index (χ2n) is 5.70. The Balaban J connectivity index is 1.55. The molecule has 112 valence electrons. The lowest BCUT2D eigenvalue weighted by atomic mass is 9.93. The predicted octanol–water partition coefficient (Wildman–Crippen LogP) is 2.85. The zero-order chi connectivity index (χ0) is 14.7. The molecule has 2 aromatic rings. The van der Waals surface area contributed by atoms with Crippen molar-refractivity contribution in [2.24, 2.45) is 5.92 Å². The minimum Gasteiger partial charge on any atom is -0.441 e. The lowest BCUT2D eigenvalue weighted by Crippen LogP contribution is -2.28. The number of nitrogens with one attached hydrogen (secondary N) is 2. The van der Waals surface area contributed by atoms with Crippen molar-refractivity contribution >= 4 is 22.7 Å². The Morgan fingerprint density at radius 2 is 2.24 bits per heavy atom. The molecule has 1 aliphatic heterocycles. The Hall–Kier alpha value is -1.88. The molecule has 1 amide bonds. The number of fused-ring (bicyclic) bond motifs is 1. The molecular formula is C16H21N3O2. The third-order valence-corrected chi connectivity index (χ3v) is 4.02. The molecule has 1 fully saturated rings. The monoisotopic (exact) mass is 287 g/mol. The van der Waals surface area contributed by atoms with Gasteiger partial charge in [-0.15, -0.1) is 0 Å². The van der Waals surface area contributed by atoms with Gasteiger partial charge in [-0.25, -0.2) is 4.98 Å². The number of nitrogens with zero attached hydrogens (tertiary/aromatic N) is 1. The minimum atomic E-state index is 0.0769. The molecule has 0 radical (unpaired) electrons. The van der Waals surface area contributed by atoms with Crippen molar-refractivity contribution in [3.05, 3.63) is 24.1 Å². The number of hydrogen-bond donors (Lipinski definition) is 2. The summed E-state index contributed by atoms with van der Waals surface area (Å²) >= 11 is 0. The standard InChI is InChI=1S/C16H21N3O2/c1-11-18-14-10-13(3-4-15(14)21-11)19-16(20)5-2-12-6-8-17-9-7-12/h3-4,10,12,17H,2,5-9H2,1H3,(H,19,20). The van der Waals surface area contributed by atoms with Gasteiger partial charge < -0.3 is 15.1 Å². The van der Waals surface area contributed by atoms with Crippen molar-refractivity contribution in [3.63, 3.8) is 0 Å². The van der Waals surface area contributed by atoms with E-state index in [1.165, 1.54) is 12.8 Å². The van der Waals surface area contributed by atoms with E-state index in [0.29, 0.717) is 18.2 Å². The molecule has 0 saturated carbocycles. The molecule has 5 heteroatoms. The lowest BCUT2D eigenvalue weighted by molar-refractivity contribution is -0.116. The number of aromatic nitrogens is 1. The molecule has 1 aromatic carbocycles. The third kappa shape index (κ3) is 3.61. The quantitative estimate of drug-likeness (QED) is 0.907. The Kier molecular flexibility index (Phi) is 4.20. The van der Waals surface area contributed by atoms with Crippen molar-refractivity contribution in [2.75, 3.05) is 18.4 Å². The van der Waals surface area contributed by atoms with Crippen LogP contribution in [0, 0.1) is 12.8 Å². The van der Waals surface area contributed by atoms with Crippen molar-refractivity contribution in [2.45, 2.75) is 32.6 Å². The highest BCUT2D eigenvalue weighted by Crippen LogP contribution is 2.21. The van der Waals surface area contributed by atoms with E-state index in [0.717, 1.165) is 36.3 Å². The molecule has 0 bridgehead atoms. The van der Waals surface area contributed by atoms with Crippen LogP contribution in [0.15, 0.2) is 22.6 Å². The maximum Gasteiger partial charge on any atom is 0.224 e. The first-order chi connectivity index (χ1) is 10.2. The first-order valence-electron chi connectivity index (χ1n) is 7.58. The number of anilines is 1. The summed E-state index contributed by atoms with van der Waals surface area (Å²) in [6, 6.07) is 5.56. The first-order valence-corrected chi connectivity index (χ1v) is 7.58. The minimum absolute atomic E-state index is 0.0769. The van der Waals surface area contributed by atoms with Crippen molar-refractivity contribution in [3.8, 4) is 0 Å². The fraction of sp³-hybridized carbons (Fsp3) is 0.500. The molecular weight excluding hydrogens is 266 g/mol. The van der Waals surface area contributed by atoms with Crippen LogP contribution >= 0.6 is 0 Å². The zero-order valence-corrected chi connectivity index (χ0v) is 12.3. The summed E-state index contributed by atoms with van der Waals surface area (Å²) in [5.41, 5.74) is 2.31. The van der Waals surface area contributed by atoms with Gasteiger partial charge in [-0.2, -0.15) is 0 Å². The van der Waals surface area contributed by atoms with E-state index in [-0.39, 0.29) is 5.91 Å². The smallest absolute Gasteiger partial charge is 0.224 e. The molecule has 1 aliphatic rings. The lowest BCUT2D eigenvalue weighted by Gasteiger charge is -2.22. The highest BCUT2D eigenvalue weighted by molar-refractivity contribution is 5.92. The summed E-state index contributed by atoms with van der Waals surface area (Å²) in [7, 11) is 0. The van der Waals surface area contributed by atoms with Gasteiger partial charge in [-0.1, -0.05) is 0 Å². The molecule has 2 heterocycles. The van der Waals surface area contributed by atoms with Crippen LogP contribution in [-0.4, -0.2) is 24.0 Å². The summed E-state index contributed by atoms with van der Waals surface area (Å²) in [4.78, 5) is 16.3. The van der Waals surface area contributed by atoms with E-state index in [1.807, 2.05) is 25.1 Å². The molecule has 3 rings (SSSR count). The summed E-state index contributed by atoms with van der Waals surface area (Å²) in [5, 5.41) is 6.29. The fourth-order valence-electron chi connectivity index (χ4n) is 2.85. The van der Waals surface area contributed by atoms with Crippen LogP contribution in [0.4, 0.5) is 5.69 Å². The van der Waals surface area contributed by atoms with Gasteiger partial charge in [-0.3, -0.25) is 4.79 Å². The number of carbonyl (C=O) groups excluding carboxylic acids is 1. The van der Waals surface area contributed by atoms with E-state index in [2.05, 4.69) is 15.6 Å². The van der Waals surface area contributed by atoms with Crippen LogP contribution in [0.2, 0.25) is 0 Å². The molecule has 2 N–H and O–H groups in total. The number of oxazole rings is 1. The van der Waals surface area contributed by atoms with E-state index >= 15 is 0 Å². The second kappa shape index (κ2) is 6.26. The Bertz CT molecular complexity index is 629. The zero-order valence-electron chi connectivity index (χ0n) is 12.3. The van der Waals surface area contributed by atoms with Crippen LogP contribution in [0.3, 0.4) is 0 Å². The topological polar surface area (TPSA) is 67.2 Å². The van der Waals surface area contributed by atoms with Gasteiger partial charge in [0, 0.05) is 19.0 Å². The number of benzene rings is 1. The average Bonchev–Trinajstić information content (AvgIpc) is 2.85. The number of rotatable bonds is 4. The van der Waals surface area contributed by atoms with Crippen molar-refractivity contribution < 1.29 is 9.21 Å². The van der Waals surface area contributed by atoms with Gasteiger partial charge in [0.2, 0.25) is 5.91 Å². The largest absolute Gasteiger partial charge is 0.441 e. The van der Waals surface area contributed by atoms with E-state index in [1.54, 1.807) is 0 Å². The normalized spacial score (nSPS) is 16.2. The molecule has 0 aliphatic carbocycles. The van der Waals surface area contributed by atoms with Gasteiger partial charge >= 0.3 is 0 Å². The van der Waals surface area contributed by atoms with E-state index < -0.39 is 0 Å². The first kappa shape index (κ1) is 14.1. The third-order valence-electron chi connectivity index (χ3n) is 4.02. The Morgan fingerprint density at radius 3 is 3.05 bits per heavy atom. The van der Waals surface area contributed by atoms with Gasteiger partial charge in [0.15, 0.2) is 11.5 Å². The van der Waals surface area contributed by atoms with Gasteiger partial charge in [-0.05, 0) is 56.5 Å². The highest BCUT2D eigenvalue weighted by Gasteiger charge is 2.14. The second-order valence-corrected chi connectivity index (χ2v) is 5.70. The number of aryl methyl sites for hydroxylation is 1. The predicted molar refractivity (Wildman–Crippen MR) is 82.2 cm³/mol. The Labute approximate surface area is 124 Å². The van der Waals surface area contributed by atoms with Crippen molar-refractivity contribution in [1.82, 2.24) is 10.3 Å². The van der Waals surface area contributed by atoms with Crippen LogP contribution in [0.25, 0.3) is 11.1 Å². The summed E-state index contributed by atoms with van der Waals surface area (Å²) in [6.45, 7) is 3.97. The maximum atomic E-state index is 12.0. The van der Waals surface area contributed by atoms with Gasteiger partial charge in [0.1, 0.15) is 5.52 Å². The molecule has 0 unspecified atom stereocenters. The number of carbonyl (C=O) groups is 1. The van der Waals surface area contributed by atoms with Crippen LogP contribution < -0.4 is 10.6 Å². The van der Waals surface area contributed by atoms with Crippen molar-refractivity contribution in [1.29, 1.82) is 0 Å². The van der Waals surface area contributed by atoms with Gasteiger partial charge in [0.25, 0.3) is 0 Å². The van der Waals surface area contributed by atoms with Crippen LogP contribution in [0.1, 0.15) is 31.6 Å². The fourth-order valence-corrected chi connectivity index (χ4v) is 2.85. The average molecular weight is 287 g/mol. The summed E-state index contributed by atoms with van der Waals surface area (Å²) in [5.74, 6) is 1.39. The van der Waals surface area contributed by atoms with Crippen LogP contribution in [0.5, 0.6) is 0 Å². The van der Waals surface area contributed by atoms with Crippen LogP contribution in [-0.2, 0) is 4.79 Å². The van der Waals surface area contributed by atoms with Gasteiger partial charge in [0.05, 0.1) is 0 Å². The maximum absolute atomic E-state index is 12.0. The molecule has 1 saturated heterocycles. The number of amides is 1. The Morgan fingerprint density at radius 1 is 1.43 bits per heavy atom. The van der Waals surface area contributed by atoms with E-state index in [9.17, 15) is 4.79 Å². The number of piperidine rings is 1. The molecule has 1 aromatic heterocycles.